The highest BCUT2D eigenvalue weighted by atomic mass is 16.6. The van der Waals surface area contributed by atoms with Crippen molar-refractivity contribution < 1.29 is 9.63 Å². The van der Waals surface area contributed by atoms with E-state index in [1.807, 2.05) is 24.3 Å². The van der Waals surface area contributed by atoms with Gasteiger partial charge in [-0.2, -0.15) is 0 Å². The molecule has 0 aromatic heterocycles. The number of hydroxylamine groups is 1. The van der Waals surface area contributed by atoms with Crippen LogP contribution in [-0.2, 0) is 11.2 Å². The molecule has 2 rings (SSSR count). The molecule has 0 saturated carbocycles. The lowest BCUT2D eigenvalue weighted by Crippen LogP contribution is -2.42. The number of nitrogens with two attached hydrogens (primary N) is 1. The van der Waals surface area contributed by atoms with Crippen LogP contribution in [0.25, 0.3) is 0 Å². The summed E-state index contributed by atoms with van der Waals surface area (Å²) < 4.78 is 0. The van der Waals surface area contributed by atoms with Gasteiger partial charge < -0.3 is 10.6 Å². The Bertz CT molecular complexity index is 325. The first-order valence-electron chi connectivity index (χ1n) is 4.57. The van der Waals surface area contributed by atoms with Crippen LogP contribution in [-0.4, -0.2) is 11.9 Å². The summed E-state index contributed by atoms with van der Waals surface area (Å²) in [5.74, 6) is 0.397. The van der Waals surface area contributed by atoms with Gasteiger partial charge in [-0.3, -0.25) is 4.79 Å². The van der Waals surface area contributed by atoms with Crippen LogP contribution in [0, 0.1) is 0 Å². The Kier molecular flexibility index (Phi) is 2.37. The second-order valence-corrected chi connectivity index (χ2v) is 3.32. The van der Waals surface area contributed by atoms with Gasteiger partial charge in [0.1, 0.15) is 11.8 Å². The molecule has 4 heteroatoms. The highest BCUT2D eigenvalue weighted by Gasteiger charge is 2.20. The van der Waals surface area contributed by atoms with Gasteiger partial charge in [0.25, 0.3) is 0 Å². The van der Waals surface area contributed by atoms with Crippen LogP contribution in [0.4, 0.5) is 0 Å². The van der Waals surface area contributed by atoms with Crippen LogP contribution in [0.5, 0.6) is 5.75 Å². The minimum absolute atomic E-state index is 0.377. The van der Waals surface area contributed by atoms with Crippen LogP contribution in [0.3, 0.4) is 0 Å². The highest BCUT2D eigenvalue weighted by Crippen LogP contribution is 2.21. The second kappa shape index (κ2) is 3.67. The molecule has 0 spiro atoms. The van der Waals surface area contributed by atoms with Crippen molar-refractivity contribution in [1.29, 1.82) is 0 Å². The van der Waals surface area contributed by atoms with Crippen molar-refractivity contribution in [2.75, 3.05) is 0 Å². The van der Waals surface area contributed by atoms with Gasteiger partial charge in [-0.25, -0.2) is 0 Å². The standard InChI is InChI=1S/C10H12N2O2/c11-10(13)8-6-5-7-3-1-2-4-9(7)14-12-8/h1-4,8,12H,5-6H2,(H2,11,13). The third kappa shape index (κ3) is 1.70. The van der Waals surface area contributed by atoms with Gasteiger partial charge in [0.05, 0.1) is 0 Å². The summed E-state index contributed by atoms with van der Waals surface area (Å²) in [6, 6.07) is 7.30. The molecule has 1 aromatic rings. The van der Waals surface area contributed by atoms with Gasteiger partial charge in [0, 0.05) is 0 Å². The van der Waals surface area contributed by atoms with E-state index >= 15 is 0 Å². The molecule has 0 fully saturated rings. The number of para-hydroxylation sites is 1. The third-order valence-corrected chi connectivity index (χ3v) is 2.33. The molecule has 1 atom stereocenters. The summed E-state index contributed by atoms with van der Waals surface area (Å²) in [5, 5.41) is 0. The molecular formula is C10H12N2O2. The molecule has 0 aliphatic carbocycles. The number of hydrogen-bond donors (Lipinski definition) is 2. The molecule has 1 aliphatic rings. The number of carbonyl (C=O) groups is 1. The molecule has 1 aliphatic heterocycles. The summed E-state index contributed by atoms with van der Waals surface area (Å²) >= 11 is 0. The van der Waals surface area contributed by atoms with E-state index in [-0.39, 0.29) is 5.91 Å². The molecule has 0 bridgehead atoms. The van der Waals surface area contributed by atoms with E-state index in [0.29, 0.717) is 6.42 Å². The molecule has 14 heavy (non-hydrogen) atoms. The molecule has 1 unspecified atom stereocenters. The fourth-order valence-corrected chi connectivity index (χ4v) is 1.50. The number of primary amides is 1. The Balaban J connectivity index is 2.18. The highest BCUT2D eigenvalue weighted by molar-refractivity contribution is 5.79. The van der Waals surface area contributed by atoms with Crippen molar-refractivity contribution in [3.05, 3.63) is 29.8 Å². The first-order chi connectivity index (χ1) is 6.77. The molecule has 0 saturated heterocycles. The minimum atomic E-state index is -0.401. The summed E-state index contributed by atoms with van der Waals surface area (Å²) in [5.41, 5.74) is 8.95. The van der Waals surface area contributed by atoms with Crippen molar-refractivity contribution in [2.24, 2.45) is 5.73 Å². The van der Waals surface area contributed by atoms with Crippen molar-refractivity contribution in [2.45, 2.75) is 18.9 Å². The molecule has 4 nitrogen and oxygen atoms in total. The Morgan fingerprint density at radius 3 is 3.07 bits per heavy atom. The number of amides is 1. The van der Waals surface area contributed by atoms with Gasteiger partial charge in [0.2, 0.25) is 5.91 Å². The number of aryl methyl sites for hydroxylation is 1. The van der Waals surface area contributed by atoms with Gasteiger partial charge in [-0.05, 0) is 24.5 Å². The summed E-state index contributed by atoms with van der Waals surface area (Å²) in [4.78, 5) is 16.2. The maximum absolute atomic E-state index is 10.9. The van der Waals surface area contributed by atoms with E-state index in [9.17, 15) is 4.79 Å². The summed E-state index contributed by atoms with van der Waals surface area (Å²) in [6.07, 6.45) is 1.48. The number of rotatable bonds is 1. The zero-order valence-corrected chi connectivity index (χ0v) is 7.69. The number of carbonyl (C=O) groups excluding carboxylic acids is 1. The fourth-order valence-electron chi connectivity index (χ4n) is 1.50. The zero-order valence-electron chi connectivity index (χ0n) is 7.69. The molecule has 1 heterocycles. The van der Waals surface area contributed by atoms with Crippen molar-refractivity contribution in [1.82, 2.24) is 5.48 Å². The number of benzene rings is 1. The number of fused-ring (bicyclic) bond motifs is 1. The van der Waals surface area contributed by atoms with Crippen LogP contribution >= 0.6 is 0 Å². The van der Waals surface area contributed by atoms with E-state index in [1.165, 1.54) is 0 Å². The average molecular weight is 192 g/mol. The first kappa shape index (κ1) is 9.02. The monoisotopic (exact) mass is 192 g/mol. The predicted octanol–water partition coefficient (Wildman–Crippen LogP) is 0.370. The lowest BCUT2D eigenvalue weighted by molar-refractivity contribution is -0.122. The average Bonchev–Trinajstić information content (AvgIpc) is 2.39. The summed E-state index contributed by atoms with van der Waals surface area (Å²) in [7, 11) is 0. The first-order valence-corrected chi connectivity index (χ1v) is 4.57. The van der Waals surface area contributed by atoms with Crippen LogP contribution < -0.4 is 16.1 Å². The molecule has 1 aromatic carbocycles. The normalized spacial score (nSPS) is 20.4. The largest absolute Gasteiger partial charge is 0.408 e. The number of hydrogen-bond acceptors (Lipinski definition) is 3. The maximum atomic E-state index is 10.9. The van der Waals surface area contributed by atoms with Crippen molar-refractivity contribution >= 4 is 5.91 Å². The maximum Gasteiger partial charge on any atom is 0.237 e. The third-order valence-electron chi connectivity index (χ3n) is 2.33. The van der Waals surface area contributed by atoms with Crippen LogP contribution in [0.2, 0.25) is 0 Å². The second-order valence-electron chi connectivity index (χ2n) is 3.32. The Hall–Kier alpha value is -1.55. The zero-order chi connectivity index (χ0) is 9.97. The molecular weight excluding hydrogens is 180 g/mol. The van der Waals surface area contributed by atoms with Crippen molar-refractivity contribution in [3.8, 4) is 5.75 Å². The summed E-state index contributed by atoms with van der Waals surface area (Å²) in [6.45, 7) is 0. The molecule has 1 amide bonds. The minimum Gasteiger partial charge on any atom is -0.408 e. The fraction of sp³-hybridized carbons (Fsp3) is 0.300. The molecule has 3 N–H and O–H groups in total. The predicted molar refractivity (Wildman–Crippen MR) is 51.5 cm³/mol. The molecule has 74 valence electrons. The molecule has 0 radical (unpaired) electrons. The topological polar surface area (TPSA) is 64.4 Å². The van der Waals surface area contributed by atoms with Gasteiger partial charge >= 0.3 is 0 Å². The SMILES string of the molecule is NC(=O)C1CCc2ccccc2ON1. The smallest absolute Gasteiger partial charge is 0.237 e. The van der Waals surface area contributed by atoms with Gasteiger partial charge in [-0.15, -0.1) is 5.48 Å². The lowest BCUT2D eigenvalue weighted by atomic mass is 10.1. The Labute approximate surface area is 82.0 Å². The Morgan fingerprint density at radius 1 is 1.50 bits per heavy atom. The van der Waals surface area contributed by atoms with E-state index in [0.717, 1.165) is 17.7 Å². The lowest BCUT2D eigenvalue weighted by Gasteiger charge is -2.10. The van der Waals surface area contributed by atoms with Gasteiger partial charge in [-0.1, -0.05) is 18.2 Å². The quantitative estimate of drug-likeness (QED) is 0.675. The van der Waals surface area contributed by atoms with E-state index in [4.69, 9.17) is 10.6 Å². The van der Waals surface area contributed by atoms with Gasteiger partial charge in [0.15, 0.2) is 0 Å². The van der Waals surface area contributed by atoms with Crippen LogP contribution in [0.1, 0.15) is 12.0 Å². The number of nitrogens with one attached hydrogen (secondary N) is 1. The van der Waals surface area contributed by atoms with E-state index in [1.54, 1.807) is 0 Å². The van der Waals surface area contributed by atoms with Crippen LogP contribution in [0.15, 0.2) is 24.3 Å². The van der Waals surface area contributed by atoms with E-state index < -0.39 is 6.04 Å². The Morgan fingerprint density at radius 2 is 2.29 bits per heavy atom. The van der Waals surface area contributed by atoms with Crippen molar-refractivity contribution in [3.63, 3.8) is 0 Å². The van der Waals surface area contributed by atoms with E-state index in [2.05, 4.69) is 5.48 Å².